The van der Waals surface area contributed by atoms with Gasteiger partial charge in [-0.15, -0.1) is 12.3 Å². The Balaban J connectivity index is 4.84. The molecule has 0 spiro atoms. The van der Waals surface area contributed by atoms with E-state index >= 15 is 0 Å². The van der Waals surface area contributed by atoms with Crippen LogP contribution in [0.5, 0.6) is 0 Å². The first kappa shape index (κ1) is 13.5. The van der Waals surface area contributed by atoms with Crippen LogP contribution in [0.25, 0.3) is 0 Å². The molecule has 1 nitrogen and oxygen atoms in total. The first-order chi connectivity index (χ1) is 6.25. The summed E-state index contributed by atoms with van der Waals surface area (Å²) >= 11 is 0. The van der Waals surface area contributed by atoms with Crippen molar-refractivity contribution < 1.29 is 4.43 Å². The van der Waals surface area contributed by atoms with Crippen molar-refractivity contribution in [3.8, 4) is 12.3 Å². The summed E-state index contributed by atoms with van der Waals surface area (Å²) in [6.07, 6.45) is 8.11. The molecule has 0 bridgehead atoms. The molecule has 0 aromatic heterocycles. The molecule has 0 fully saturated rings. The standard InChI is InChI=1S/C12H22OSi/c1-8-10-12(4,11(3)9-2)13-14(5,6)7/h1,9H,10H2,2-7H3/b11-9+. The fourth-order valence-corrected chi connectivity index (χ4v) is 3.02. The number of hydrogen-bond acceptors (Lipinski definition) is 1. The van der Waals surface area contributed by atoms with Gasteiger partial charge in [0.05, 0.1) is 5.60 Å². The predicted molar refractivity (Wildman–Crippen MR) is 65.7 cm³/mol. The van der Waals surface area contributed by atoms with Crippen molar-refractivity contribution in [2.24, 2.45) is 0 Å². The second-order valence-electron chi connectivity index (χ2n) is 4.80. The van der Waals surface area contributed by atoms with Crippen LogP contribution in [0.1, 0.15) is 27.2 Å². The number of hydrogen-bond donors (Lipinski definition) is 0. The highest BCUT2D eigenvalue weighted by Crippen LogP contribution is 2.28. The summed E-state index contributed by atoms with van der Waals surface area (Å²) in [7, 11) is -1.55. The highest BCUT2D eigenvalue weighted by atomic mass is 28.4. The summed E-state index contributed by atoms with van der Waals surface area (Å²) in [5.74, 6) is 2.70. The molecule has 80 valence electrons. The van der Waals surface area contributed by atoms with E-state index in [-0.39, 0.29) is 5.60 Å². The lowest BCUT2D eigenvalue weighted by molar-refractivity contribution is 0.125. The molecule has 0 amide bonds. The lowest BCUT2D eigenvalue weighted by Crippen LogP contribution is -2.41. The third-order valence-corrected chi connectivity index (χ3v) is 3.30. The van der Waals surface area contributed by atoms with E-state index < -0.39 is 8.32 Å². The lowest BCUT2D eigenvalue weighted by atomic mass is 9.94. The van der Waals surface area contributed by atoms with E-state index in [1.165, 1.54) is 5.57 Å². The van der Waals surface area contributed by atoms with Crippen LogP contribution >= 0.6 is 0 Å². The fourth-order valence-electron chi connectivity index (χ4n) is 1.43. The minimum Gasteiger partial charge on any atom is -0.408 e. The number of rotatable bonds is 4. The summed E-state index contributed by atoms with van der Waals surface area (Å²) in [6, 6.07) is 0. The molecule has 2 heteroatoms. The van der Waals surface area contributed by atoms with Crippen molar-refractivity contribution in [2.75, 3.05) is 0 Å². The molecule has 0 aromatic carbocycles. The Morgan fingerprint density at radius 3 is 2.29 bits per heavy atom. The predicted octanol–water partition coefficient (Wildman–Crippen LogP) is 3.59. The molecule has 0 saturated carbocycles. The molecule has 0 aliphatic heterocycles. The van der Waals surface area contributed by atoms with Gasteiger partial charge in [-0.1, -0.05) is 6.08 Å². The second kappa shape index (κ2) is 4.81. The summed E-state index contributed by atoms with van der Waals surface area (Å²) in [4.78, 5) is 0. The smallest absolute Gasteiger partial charge is 0.184 e. The maximum atomic E-state index is 6.15. The zero-order chi connectivity index (χ0) is 11.4. The SMILES string of the molecule is C#CCC(C)(O[Si](C)(C)C)/C(C)=C/C. The average molecular weight is 210 g/mol. The Kier molecular flexibility index (Phi) is 4.63. The van der Waals surface area contributed by atoms with Gasteiger partial charge < -0.3 is 4.43 Å². The summed E-state index contributed by atoms with van der Waals surface area (Å²) in [5, 5.41) is 0. The van der Waals surface area contributed by atoms with Crippen LogP contribution in [0.15, 0.2) is 11.6 Å². The molecule has 0 heterocycles. The highest BCUT2D eigenvalue weighted by Gasteiger charge is 2.31. The van der Waals surface area contributed by atoms with Gasteiger partial charge in [-0.25, -0.2) is 0 Å². The normalized spacial score (nSPS) is 17.4. The van der Waals surface area contributed by atoms with Crippen LogP contribution in [0.4, 0.5) is 0 Å². The van der Waals surface area contributed by atoms with Gasteiger partial charge in [0.1, 0.15) is 0 Å². The Bertz CT molecular complexity index is 254. The van der Waals surface area contributed by atoms with Gasteiger partial charge in [-0.2, -0.15) is 0 Å². The van der Waals surface area contributed by atoms with E-state index in [0.717, 1.165) is 0 Å². The van der Waals surface area contributed by atoms with Gasteiger partial charge in [0, 0.05) is 6.42 Å². The Labute approximate surface area is 89.7 Å². The van der Waals surface area contributed by atoms with Crippen LogP contribution in [-0.4, -0.2) is 13.9 Å². The molecule has 0 aliphatic rings. The molecule has 0 aliphatic carbocycles. The van der Waals surface area contributed by atoms with Gasteiger partial charge in [-0.3, -0.25) is 0 Å². The minimum atomic E-state index is -1.55. The lowest BCUT2D eigenvalue weighted by Gasteiger charge is -2.36. The molecule has 0 saturated heterocycles. The van der Waals surface area contributed by atoms with E-state index in [4.69, 9.17) is 10.8 Å². The van der Waals surface area contributed by atoms with Crippen LogP contribution < -0.4 is 0 Å². The van der Waals surface area contributed by atoms with E-state index in [2.05, 4.69) is 45.5 Å². The first-order valence-electron chi connectivity index (χ1n) is 5.02. The van der Waals surface area contributed by atoms with Crippen molar-refractivity contribution in [3.05, 3.63) is 11.6 Å². The molecule has 0 rings (SSSR count). The van der Waals surface area contributed by atoms with Crippen molar-refractivity contribution in [3.63, 3.8) is 0 Å². The average Bonchev–Trinajstić information content (AvgIpc) is 2.00. The maximum Gasteiger partial charge on any atom is 0.184 e. The Hall–Kier alpha value is -0.523. The second-order valence-corrected chi connectivity index (χ2v) is 9.23. The highest BCUT2D eigenvalue weighted by molar-refractivity contribution is 6.69. The van der Waals surface area contributed by atoms with E-state index in [1.54, 1.807) is 0 Å². The molecular formula is C12H22OSi. The van der Waals surface area contributed by atoms with E-state index in [9.17, 15) is 0 Å². The minimum absolute atomic E-state index is 0.270. The van der Waals surface area contributed by atoms with Gasteiger partial charge in [0.15, 0.2) is 8.32 Å². The molecule has 0 aromatic rings. The van der Waals surface area contributed by atoms with Crippen molar-refractivity contribution >= 4 is 8.32 Å². The molecule has 1 atom stereocenters. The fraction of sp³-hybridized carbons (Fsp3) is 0.667. The third-order valence-electron chi connectivity index (χ3n) is 2.24. The van der Waals surface area contributed by atoms with Crippen molar-refractivity contribution in [1.82, 2.24) is 0 Å². The van der Waals surface area contributed by atoms with Crippen molar-refractivity contribution in [2.45, 2.75) is 52.4 Å². The summed E-state index contributed by atoms with van der Waals surface area (Å²) < 4.78 is 6.15. The van der Waals surface area contributed by atoms with Crippen LogP contribution in [-0.2, 0) is 4.43 Å². The largest absolute Gasteiger partial charge is 0.408 e. The van der Waals surface area contributed by atoms with E-state index in [0.29, 0.717) is 6.42 Å². The molecule has 1 unspecified atom stereocenters. The molecule has 0 radical (unpaired) electrons. The Morgan fingerprint density at radius 2 is 2.00 bits per heavy atom. The Morgan fingerprint density at radius 1 is 1.50 bits per heavy atom. The van der Waals surface area contributed by atoms with Crippen molar-refractivity contribution in [1.29, 1.82) is 0 Å². The number of terminal acetylenes is 1. The number of allylic oxidation sites excluding steroid dienone is 1. The van der Waals surface area contributed by atoms with Crippen LogP contribution in [0.3, 0.4) is 0 Å². The topological polar surface area (TPSA) is 9.23 Å². The molecule has 14 heavy (non-hydrogen) atoms. The maximum absolute atomic E-state index is 6.15. The zero-order valence-corrected chi connectivity index (χ0v) is 11.3. The molecule has 0 N–H and O–H groups in total. The van der Waals surface area contributed by atoms with E-state index in [1.807, 2.05) is 6.92 Å². The van der Waals surface area contributed by atoms with Crippen LogP contribution in [0, 0.1) is 12.3 Å². The van der Waals surface area contributed by atoms with Crippen LogP contribution in [0.2, 0.25) is 19.6 Å². The first-order valence-corrected chi connectivity index (χ1v) is 8.43. The summed E-state index contributed by atoms with van der Waals surface area (Å²) in [6.45, 7) is 12.7. The quantitative estimate of drug-likeness (QED) is 0.391. The summed E-state index contributed by atoms with van der Waals surface area (Å²) in [5.41, 5.74) is 0.950. The monoisotopic (exact) mass is 210 g/mol. The van der Waals surface area contributed by atoms with Gasteiger partial charge in [-0.05, 0) is 46.0 Å². The van der Waals surface area contributed by atoms with Gasteiger partial charge >= 0.3 is 0 Å². The third kappa shape index (κ3) is 4.12. The van der Waals surface area contributed by atoms with Gasteiger partial charge in [0.2, 0.25) is 0 Å². The molecular weight excluding hydrogens is 188 g/mol. The zero-order valence-electron chi connectivity index (χ0n) is 10.3. The van der Waals surface area contributed by atoms with Gasteiger partial charge in [0.25, 0.3) is 0 Å².